The lowest BCUT2D eigenvalue weighted by Gasteiger charge is -2.25. The summed E-state index contributed by atoms with van der Waals surface area (Å²) in [5.41, 5.74) is 3.24. The first-order valence-corrected chi connectivity index (χ1v) is 6.76. The van der Waals surface area contributed by atoms with Crippen LogP contribution in [0.1, 0.15) is 22.9 Å². The molecule has 2 atom stereocenters. The summed E-state index contributed by atoms with van der Waals surface area (Å²) in [6.07, 6.45) is 5.20. The van der Waals surface area contributed by atoms with E-state index in [-0.39, 0.29) is 6.04 Å². The number of hydrogen-bond donors (Lipinski definition) is 2. The van der Waals surface area contributed by atoms with Crippen molar-refractivity contribution in [2.45, 2.75) is 12.1 Å². The minimum absolute atomic E-state index is 0.120. The van der Waals surface area contributed by atoms with E-state index in [9.17, 15) is 5.11 Å². The summed E-state index contributed by atoms with van der Waals surface area (Å²) >= 11 is 0. The van der Waals surface area contributed by atoms with Crippen molar-refractivity contribution >= 4 is 12.4 Å². The molecular weight excluding hydrogens is 250 g/mol. The molecule has 0 unspecified atom stereocenters. The van der Waals surface area contributed by atoms with E-state index in [0.29, 0.717) is 6.54 Å². The molecule has 0 saturated heterocycles. The smallest absolute Gasteiger partial charge is 0.316 e. The molecule has 3 rings (SSSR count). The first kappa shape index (κ1) is 12.9. The third kappa shape index (κ3) is 2.21. The Balaban J connectivity index is 2.04. The Bertz CT molecular complexity index is 654. The Morgan fingerprint density at radius 2 is 2.00 bits per heavy atom. The van der Waals surface area contributed by atoms with Gasteiger partial charge in [0, 0.05) is 12.7 Å². The quantitative estimate of drug-likeness (QED) is 0.665. The normalized spacial score (nSPS) is 15.3. The van der Waals surface area contributed by atoms with Gasteiger partial charge in [-0.15, -0.1) is 0 Å². The van der Waals surface area contributed by atoms with Crippen LogP contribution < -0.4 is 9.98 Å². The maximum atomic E-state index is 10.5. The molecule has 2 heterocycles. The van der Waals surface area contributed by atoms with Gasteiger partial charge in [0.2, 0.25) is 0 Å². The standard InChI is InChI=1S/C16H18N3O/c1-17-11-15(20)16(12-5-3-2-4-6-12)19-8-7-13-9-18-10-14(13)19/h2-10,15-17,20H,11H2,1H3/q+1/t15-,16+/m1/s1. The molecular formula is C16H18N3O+. The van der Waals surface area contributed by atoms with E-state index < -0.39 is 6.10 Å². The van der Waals surface area contributed by atoms with Crippen LogP contribution in [0.3, 0.4) is 0 Å². The van der Waals surface area contributed by atoms with Gasteiger partial charge >= 0.3 is 12.4 Å². The molecule has 0 spiro atoms. The third-order valence-electron chi connectivity index (χ3n) is 3.62. The van der Waals surface area contributed by atoms with Crippen molar-refractivity contribution in [2.24, 2.45) is 0 Å². The largest absolute Gasteiger partial charge is 0.389 e. The highest BCUT2D eigenvalue weighted by Crippen LogP contribution is 2.25. The van der Waals surface area contributed by atoms with Crippen molar-refractivity contribution in [2.75, 3.05) is 13.6 Å². The third-order valence-corrected chi connectivity index (χ3v) is 3.62. The molecule has 2 aromatic rings. The summed E-state index contributed by atoms with van der Waals surface area (Å²) < 4.78 is 6.28. The molecule has 20 heavy (non-hydrogen) atoms. The number of aromatic nitrogens is 1. The minimum atomic E-state index is -0.507. The van der Waals surface area contributed by atoms with Gasteiger partial charge in [-0.25, -0.2) is 0 Å². The maximum Gasteiger partial charge on any atom is 0.316 e. The average molecular weight is 268 g/mol. The van der Waals surface area contributed by atoms with E-state index in [1.54, 1.807) is 0 Å². The topological polar surface area (TPSA) is 51.3 Å². The van der Waals surface area contributed by atoms with Crippen molar-refractivity contribution < 1.29 is 5.11 Å². The lowest BCUT2D eigenvalue weighted by atomic mass is 10.0. The molecule has 0 aliphatic carbocycles. The van der Waals surface area contributed by atoms with Crippen molar-refractivity contribution in [3.05, 3.63) is 59.4 Å². The SMILES string of the molecule is CNC[C@@H](O)[C@H](c1ccccc1)n1ccc2c1C=[N+]=C2. The molecule has 0 radical (unpaired) electrons. The zero-order chi connectivity index (χ0) is 13.9. The van der Waals surface area contributed by atoms with E-state index >= 15 is 0 Å². The first-order valence-electron chi connectivity index (χ1n) is 6.76. The number of fused-ring (bicyclic) bond motifs is 1. The maximum absolute atomic E-state index is 10.5. The van der Waals surface area contributed by atoms with Gasteiger partial charge in [-0.2, -0.15) is 0 Å². The van der Waals surface area contributed by atoms with Crippen LogP contribution in [0.4, 0.5) is 0 Å². The molecule has 0 amide bonds. The molecule has 1 aromatic carbocycles. The lowest BCUT2D eigenvalue weighted by Crippen LogP contribution is -2.34. The van der Waals surface area contributed by atoms with Crippen LogP contribution >= 0.6 is 0 Å². The van der Waals surface area contributed by atoms with Gasteiger partial charge in [-0.1, -0.05) is 35.0 Å². The van der Waals surface area contributed by atoms with Gasteiger partial charge in [0.15, 0.2) is 0 Å². The van der Waals surface area contributed by atoms with E-state index in [1.165, 1.54) is 0 Å². The van der Waals surface area contributed by atoms with Gasteiger partial charge in [-0.3, -0.25) is 0 Å². The van der Waals surface area contributed by atoms with Gasteiger partial charge in [-0.05, 0) is 18.7 Å². The second-order valence-corrected chi connectivity index (χ2v) is 4.95. The Labute approximate surface area is 118 Å². The fourth-order valence-electron chi connectivity index (χ4n) is 2.70. The second-order valence-electron chi connectivity index (χ2n) is 4.95. The molecule has 0 bridgehead atoms. The Morgan fingerprint density at radius 1 is 1.20 bits per heavy atom. The summed E-state index contributed by atoms with van der Waals surface area (Å²) in [6, 6.07) is 12.0. The number of nitrogens with zero attached hydrogens (tertiary/aromatic N) is 2. The summed E-state index contributed by atoms with van der Waals surface area (Å²) in [5, 5.41) is 13.6. The van der Waals surface area contributed by atoms with Crippen molar-refractivity contribution in [3.63, 3.8) is 0 Å². The molecule has 1 aromatic heterocycles. The van der Waals surface area contributed by atoms with Crippen LogP contribution in [0.2, 0.25) is 0 Å². The number of rotatable bonds is 5. The first-order chi connectivity index (χ1) is 9.81. The van der Waals surface area contributed by atoms with Crippen LogP contribution in [0.5, 0.6) is 0 Å². The number of hydrogen-bond acceptors (Lipinski definition) is 2. The molecule has 1 aliphatic rings. The molecule has 0 saturated carbocycles. The average Bonchev–Trinajstić information content (AvgIpc) is 3.05. The minimum Gasteiger partial charge on any atom is -0.389 e. The highest BCUT2D eigenvalue weighted by atomic mass is 16.3. The van der Waals surface area contributed by atoms with Crippen molar-refractivity contribution in [1.29, 1.82) is 0 Å². The highest BCUT2D eigenvalue weighted by Gasteiger charge is 2.27. The van der Waals surface area contributed by atoms with E-state index in [1.807, 2.05) is 62.1 Å². The van der Waals surface area contributed by atoms with Crippen LogP contribution in [0, 0.1) is 0 Å². The molecule has 102 valence electrons. The van der Waals surface area contributed by atoms with E-state index in [4.69, 9.17) is 0 Å². The second kappa shape index (κ2) is 5.47. The summed E-state index contributed by atoms with van der Waals surface area (Å²) in [6.45, 7) is 0.535. The van der Waals surface area contributed by atoms with Crippen LogP contribution in [0.15, 0.2) is 42.6 Å². The highest BCUT2D eigenvalue weighted by molar-refractivity contribution is 5.99. The molecule has 2 N–H and O–H groups in total. The van der Waals surface area contributed by atoms with Crippen LogP contribution in [0.25, 0.3) is 0 Å². The van der Waals surface area contributed by atoms with E-state index in [2.05, 4.69) is 14.6 Å². The fourth-order valence-corrected chi connectivity index (χ4v) is 2.70. The van der Waals surface area contributed by atoms with Gasteiger partial charge < -0.3 is 15.0 Å². The number of aliphatic hydroxyl groups is 1. The Kier molecular flexibility index (Phi) is 3.52. The van der Waals surface area contributed by atoms with Gasteiger partial charge in [0.05, 0.1) is 17.7 Å². The summed E-state index contributed by atoms with van der Waals surface area (Å²) in [7, 11) is 1.85. The monoisotopic (exact) mass is 268 g/mol. The number of likely N-dealkylation sites (N-methyl/N-ethyl adjacent to an activating group) is 1. The molecule has 1 aliphatic heterocycles. The molecule has 4 heteroatoms. The Hall–Kier alpha value is -2.13. The summed E-state index contributed by atoms with van der Waals surface area (Å²) in [4.78, 5) is 0. The van der Waals surface area contributed by atoms with Crippen LogP contribution in [-0.2, 0) is 0 Å². The predicted octanol–water partition coefficient (Wildman–Crippen LogP) is 0.576. The lowest BCUT2D eigenvalue weighted by molar-refractivity contribution is 0.130. The predicted molar refractivity (Wildman–Crippen MR) is 81.4 cm³/mol. The zero-order valence-electron chi connectivity index (χ0n) is 11.4. The van der Waals surface area contributed by atoms with E-state index in [0.717, 1.165) is 16.8 Å². The van der Waals surface area contributed by atoms with Crippen LogP contribution in [-0.4, -0.2) is 41.8 Å². The Morgan fingerprint density at radius 3 is 2.75 bits per heavy atom. The molecule has 0 fully saturated rings. The molecule has 4 nitrogen and oxygen atoms in total. The van der Waals surface area contributed by atoms with Gasteiger partial charge in [0.1, 0.15) is 5.69 Å². The van der Waals surface area contributed by atoms with Crippen molar-refractivity contribution in [1.82, 2.24) is 14.6 Å². The van der Waals surface area contributed by atoms with Crippen molar-refractivity contribution in [3.8, 4) is 0 Å². The number of aliphatic hydroxyl groups excluding tert-OH is 1. The number of nitrogens with one attached hydrogen (secondary N) is 1. The number of benzene rings is 1. The fraction of sp³-hybridized carbons (Fsp3) is 0.250. The zero-order valence-corrected chi connectivity index (χ0v) is 11.4. The summed E-state index contributed by atoms with van der Waals surface area (Å²) in [5.74, 6) is 0. The van der Waals surface area contributed by atoms with Gasteiger partial charge in [0.25, 0.3) is 0 Å².